The molecule has 29 heavy (non-hydrogen) atoms. The second-order valence-corrected chi connectivity index (χ2v) is 8.14. The van der Waals surface area contributed by atoms with Crippen molar-refractivity contribution < 1.29 is 4.74 Å². The fourth-order valence-corrected chi connectivity index (χ4v) is 4.72. The molecule has 1 saturated heterocycles. The Hall–Kier alpha value is -2.62. The Labute approximate surface area is 173 Å². The van der Waals surface area contributed by atoms with Crippen LogP contribution in [0, 0.1) is 5.92 Å². The molecule has 1 saturated carbocycles. The van der Waals surface area contributed by atoms with Gasteiger partial charge in [-0.1, -0.05) is 60.7 Å². The molecule has 148 valence electrons. The Morgan fingerprint density at radius 2 is 1.48 bits per heavy atom. The molecular formula is C26H28N2O. The SMILES string of the molecule is c1ccc(Oc2cccc(C(C3CC3c3ccccc3)N3CCNCC3)c2)cc1. The van der Waals surface area contributed by atoms with Crippen LogP contribution < -0.4 is 10.1 Å². The average molecular weight is 385 g/mol. The minimum atomic E-state index is 0.446. The van der Waals surface area contributed by atoms with E-state index in [-0.39, 0.29) is 0 Å². The van der Waals surface area contributed by atoms with Crippen molar-refractivity contribution in [1.82, 2.24) is 10.2 Å². The van der Waals surface area contributed by atoms with E-state index in [2.05, 4.69) is 64.8 Å². The third kappa shape index (κ3) is 4.21. The fraction of sp³-hybridized carbons (Fsp3) is 0.308. The van der Waals surface area contributed by atoms with Gasteiger partial charge in [-0.2, -0.15) is 0 Å². The first-order valence-corrected chi connectivity index (χ1v) is 10.7. The third-order valence-electron chi connectivity index (χ3n) is 6.20. The first-order valence-electron chi connectivity index (χ1n) is 10.7. The molecule has 0 radical (unpaired) electrons. The van der Waals surface area contributed by atoms with Crippen molar-refractivity contribution in [1.29, 1.82) is 0 Å². The summed E-state index contributed by atoms with van der Waals surface area (Å²) in [6, 6.07) is 30.2. The van der Waals surface area contributed by atoms with E-state index >= 15 is 0 Å². The molecule has 0 amide bonds. The number of hydrogen-bond acceptors (Lipinski definition) is 3. The van der Waals surface area contributed by atoms with Crippen molar-refractivity contribution in [3.63, 3.8) is 0 Å². The van der Waals surface area contributed by atoms with E-state index in [0.717, 1.165) is 37.7 Å². The van der Waals surface area contributed by atoms with Gasteiger partial charge in [-0.15, -0.1) is 0 Å². The summed E-state index contributed by atoms with van der Waals surface area (Å²) in [6.45, 7) is 4.34. The highest BCUT2D eigenvalue weighted by Crippen LogP contribution is 2.56. The van der Waals surface area contributed by atoms with Gasteiger partial charge in [0.25, 0.3) is 0 Å². The summed E-state index contributed by atoms with van der Waals surface area (Å²) < 4.78 is 6.14. The molecule has 0 aromatic heterocycles. The molecule has 1 aliphatic heterocycles. The predicted octanol–water partition coefficient (Wildman–Crippen LogP) is 5.23. The quantitative estimate of drug-likeness (QED) is 0.630. The number of benzene rings is 3. The number of piperazine rings is 1. The van der Waals surface area contributed by atoms with Crippen LogP contribution in [-0.2, 0) is 0 Å². The van der Waals surface area contributed by atoms with E-state index in [0.29, 0.717) is 17.9 Å². The molecule has 2 fully saturated rings. The van der Waals surface area contributed by atoms with Crippen LogP contribution in [0.5, 0.6) is 11.5 Å². The summed E-state index contributed by atoms with van der Waals surface area (Å²) in [4.78, 5) is 2.67. The van der Waals surface area contributed by atoms with Gasteiger partial charge in [0.1, 0.15) is 11.5 Å². The number of hydrogen-bond donors (Lipinski definition) is 1. The van der Waals surface area contributed by atoms with Crippen LogP contribution in [0.15, 0.2) is 84.9 Å². The van der Waals surface area contributed by atoms with Crippen molar-refractivity contribution in [2.24, 2.45) is 5.92 Å². The van der Waals surface area contributed by atoms with Crippen LogP contribution in [0.4, 0.5) is 0 Å². The average Bonchev–Trinajstić information content (AvgIpc) is 3.57. The van der Waals surface area contributed by atoms with E-state index in [1.165, 1.54) is 17.5 Å². The van der Waals surface area contributed by atoms with Gasteiger partial charge in [-0.05, 0) is 53.6 Å². The van der Waals surface area contributed by atoms with Gasteiger partial charge in [0.15, 0.2) is 0 Å². The van der Waals surface area contributed by atoms with Gasteiger partial charge in [-0.25, -0.2) is 0 Å². The molecule has 1 heterocycles. The lowest BCUT2D eigenvalue weighted by Gasteiger charge is -2.36. The van der Waals surface area contributed by atoms with Crippen LogP contribution in [0.25, 0.3) is 0 Å². The van der Waals surface area contributed by atoms with E-state index in [1.807, 2.05) is 30.3 Å². The molecule has 3 atom stereocenters. The number of ether oxygens (including phenoxy) is 1. The van der Waals surface area contributed by atoms with Gasteiger partial charge >= 0.3 is 0 Å². The summed E-state index contributed by atoms with van der Waals surface area (Å²) in [5.74, 6) is 3.14. The Kier molecular flexibility index (Phi) is 5.33. The maximum Gasteiger partial charge on any atom is 0.127 e. The summed E-state index contributed by atoms with van der Waals surface area (Å²) in [7, 11) is 0. The molecule has 1 aliphatic carbocycles. The highest BCUT2D eigenvalue weighted by Gasteiger charge is 2.46. The zero-order valence-electron chi connectivity index (χ0n) is 16.7. The lowest BCUT2D eigenvalue weighted by Crippen LogP contribution is -2.45. The van der Waals surface area contributed by atoms with Crippen molar-refractivity contribution >= 4 is 0 Å². The Morgan fingerprint density at radius 1 is 0.793 bits per heavy atom. The van der Waals surface area contributed by atoms with Crippen LogP contribution >= 0.6 is 0 Å². The van der Waals surface area contributed by atoms with Crippen molar-refractivity contribution in [2.75, 3.05) is 26.2 Å². The molecule has 3 unspecified atom stereocenters. The molecule has 3 aromatic rings. The number of nitrogens with zero attached hydrogens (tertiary/aromatic N) is 1. The maximum atomic E-state index is 6.14. The summed E-state index contributed by atoms with van der Waals surface area (Å²) in [6.07, 6.45) is 1.27. The first-order chi connectivity index (χ1) is 14.4. The Balaban J connectivity index is 1.41. The maximum absolute atomic E-state index is 6.14. The highest BCUT2D eigenvalue weighted by atomic mass is 16.5. The predicted molar refractivity (Wildman–Crippen MR) is 117 cm³/mol. The van der Waals surface area contributed by atoms with E-state index < -0.39 is 0 Å². The van der Waals surface area contributed by atoms with Gasteiger partial charge in [0.2, 0.25) is 0 Å². The first kappa shape index (κ1) is 18.4. The largest absolute Gasteiger partial charge is 0.457 e. The number of nitrogens with one attached hydrogen (secondary N) is 1. The highest BCUT2D eigenvalue weighted by molar-refractivity contribution is 5.37. The van der Waals surface area contributed by atoms with Crippen molar-refractivity contribution in [3.05, 3.63) is 96.1 Å². The molecule has 5 rings (SSSR count). The van der Waals surface area contributed by atoms with Gasteiger partial charge in [0.05, 0.1) is 0 Å². The van der Waals surface area contributed by atoms with Crippen molar-refractivity contribution in [2.45, 2.75) is 18.4 Å². The fourth-order valence-electron chi connectivity index (χ4n) is 4.72. The Morgan fingerprint density at radius 3 is 2.24 bits per heavy atom. The molecule has 3 aromatic carbocycles. The van der Waals surface area contributed by atoms with Crippen LogP contribution in [0.2, 0.25) is 0 Å². The van der Waals surface area contributed by atoms with E-state index in [4.69, 9.17) is 4.74 Å². The molecule has 0 spiro atoms. The topological polar surface area (TPSA) is 24.5 Å². The standard InChI is InChI=1S/C26H28N2O/c1-3-8-20(9-4-1)24-19-25(24)26(28-16-14-27-15-17-28)21-10-7-13-23(18-21)29-22-11-5-2-6-12-22/h1-13,18,24-27H,14-17,19H2. The van der Waals surface area contributed by atoms with E-state index in [9.17, 15) is 0 Å². The monoisotopic (exact) mass is 384 g/mol. The number of rotatable bonds is 6. The molecular weight excluding hydrogens is 356 g/mol. The van der Waals surface area contributed by atoms with Crippen molar-refractivity contribution in [3.8, 4) is 11.5 Å². The lowest BCUT2D eigenvalue weighted by molar-refractivity contribution is 0.154. The molecule has 3 nitrogen and oxygen atoms in total. The zero-order valence-corrected chi connectivity index (χ0v) is 16.7. The molecule has 3 heteroatoms. The molecule has 1 N–H and O–H groups in total. The van der Waals surface area contributed by atoms with E-state index in [1.54, 1.807) is 0 Å². The van der Waals surface area contributed by atoms with Gasteiger partial charge in [-0.3, -0.25) is 4.90 Å². The summed E-state index contributed by atoms with van der Waals surface area (Å²) in [5, 5.41) is 3.50. The minimum absolute atomic E-state index is 0.446. The summed E-state index contributed by atoms with van der Waals surface area (Å²) in [5.41, 5.74) is 2.86. The normalized spacial score (nSPS) is 22.8. The second kappa shape index (κ2) is 8.40. The van der Waals surface area contributed by atoms with Gasteiger partial charge in [0, 0.05) is 32.2 Å². The van der Waals surface area contributed by atoms with Crippen LogP contribution in [-0.4, -0.2) is 31.1 Å². The Bertz CT molecular complexity index is 922. The minimum Gasteiger partial charge on any atom is -0.457 e. The van der Waals surface area contributed by atoms with Crippen LogP contribution in [0.3, 0.4) is 0 Å². The smallest absolute Gasteiger partial charge is 0.127 e. The van der Waals surface area contributed by atoms with Crippen LogP contribution in [0.1, 0.15) is 29.5 Å². The molecule has 2 aliphatic rings. The van der Waals surface area contributed by atoms with Gasteiger partial charge < -0.3 is 10.1 Å². The second-order valence-electron chi connectivity index (χ2n) is 8.14. The zero-order chi connectivity index (χ0) is 19.5. The lowest BCUT2D eigenvalue weighted by atomic mass is 9.96. The third-order valence-corrected chi connectivity index (χ3v) is 6.20. The number of para-hydroxylation sites is 1. The summed E-state index contributed by atoms with van der Waals surface area (Å²) >= 11 is 0. The molecule has 0 bridgehead atoms.